The molecule has 2 nitrogen and oxygen atoms in total. The number of halogens is 1. The topological polar surface area (TPSA) is 46.2 Å². The van der Waals surface area contributed by atoms with Crippen LogP contribution in [0.1, 0.15) is 17.2 Å². The van der Waals surface area contributed by atoms with Gasteiger partial charge in [-0.1, -0.05) is 28.1 Å². The van der Waals surface area contributed by atoms with E-state index in [2.05, 4.69) is 15.9 Å². The molecule has 0 aliphatic carbocycles. The Bertz CT molecular complexity index is 275. The summed E-state index contributed by atoms with van der Waals surface area (Å²) in [6, 6.07) is 5.74. The van der Waals surface area contributed by atoms with E-state index < -0.39 is 6.10 Å². The Morgan fingerprint density at radius 3 is 2.75 bits per heavy atom. The van der Waals surface area contributed by atoms with Crippen LogP contribution in [0.5, 0.6) is 0 Å². The molecule has 0 aromatic heterocycles. The maximum atomic E-state index is 9.40. The van der Waals surface area contributed by atoms with Crippen molar-refractivity contribution in [3.63, 3.8) is 0 Å². The van der Waals surface area contributed by atoms with Crippen LogP contribution in [0.2, 0.25) is 0 Å². The summed E-state index contributed by atoms with van der Waals surface area (Å²) in [6.07, 6.45) is -0.554. The van der Waals surface area contributed by atoms with Crippen LogP contribution in [0.3, 0.4) is 0 Å². The number of rotatable bonds is 2. The Hall–Kier alpha value is -0.380. The molecule has 0 unspecified atom stereocenters. The van der Waals surface area contributed by atoms with Gasteiger partial charge in [0.05, 0.1) is 6.10 Å². The average Bonchev–Trinajstić information content (AvgIpc) is 2.08. The van der Waals surface area contributed by atoms with Crippen LogP contribution in [0.25, 0.3) is 0 Å². The molecular formula is C9H12BrNO. The fourth-order valence-electron chi connectivity index (χ4n) is 0.952. The lowest BCUT2D eigenvalue weighted by Gasteiger charge is -2.08. The van der Waals surface area contributed by atoms with Gasteiger partial charge in [-0.25, -0.2) is 0 Å². The molecule has 0 saturated carbocycles. The van der Waals surface area contributed by atoms with E-state index in [1.807, 2.05) is 25.1 Å². The van der Waals surface area contributed by atoms with Crippen molar-refractivity contribution in [3.8, 4) is 0 Å². The molecule has 3 N–H and O–H groups in total. The Labute approximate surface area is 80.5 Å². The lowest BCUT2D eigenvalue weighted by molar-refractivity contribution is 0.186. The summed E-state index contributed by atoms with van der Waals surface area (Å²) >= 11 is 3.39. The van der Waals surface area contributed by atoms with Crippen molar-refractivity contribution in [3.05, 3.63) is 33.8 Å². The number of nitrogens with two attached hydrogens (primary N) is 1. The van der Waals surface area contributed by atoms with Gasteiger partial charge in [0, 0.05) is 11.0 Å². The van der Waals surface area contributed by atoms with Gasteiger partial charge in [0.15, 0.2) is 0 Å². The molecule has 1 aromatic carbocycles. The van der Waals surface area contributed by atoms with Crippen LogP contribution >= 0.6 is 15.9 Å². The quantitative estimate of drug-likeness (QED) is 0.812. The Morgan fingerprint density at radius 1 is 1.58 bits per heavy atom. The van der Waals surface area contributed by atoms with Crippen molar-refractivity contribution in [2.45, 2.75) is 13.0 Å². The van der Waals surface area contributed by atoms with Crippen molar-refractivity contribution in [1.82, 2.24) is 0 Å². The molecule has 0 heterocycles. The van der Waals surface area contributed by atoms with Gasteiger partial charge in [-0.15, -0.1) is 0 Å². The van der Waals surface area contributed by atoms with E-state index in [9.17, 15) is 5.11 Å². The highest BCUT2D eigenvalue weighted by molar-refractivity contribution is 9.10. The second-order valence-corrected chi connectivity index (χ2v) is 3.61. The molecule has 0 aliphatic rings. The summed E-state index contributed by atoms with van der Waals surface area (Å²) in [5, 5.41) is 9.40. The van der Waals surface area contributed by atoms with Crippen LogP contribution in [0, 0.1) is 6.92 Å². The minimum absolute atomic E-state index is 0.259. The van der Waals surface area contributed by atoms with Gasteiger partial charge in [-0.3, -0.25) is 0 Å². The average molecular weight is 230 g/mol. The number of hydrogen-bond donors (Lipinski definition) is 2. The first-order valence-corrected chi connectivity index (χ1v) is 4.58. The van der Waals surface area contributed by atoms with Gasteiger partial charge < -0.3 is 10.8 Å². The predicted molar refractivity (Wildman–Crippen MR) is 52.9 cm³/mol. The summed E-state index contributed by atoms with van der Waals surface area (Å²) in [5.41, 5.74) is 7.34. The number of aryl methyl sites for hydroxylation is 1. The molecule has 1 rings (SSSR count). The maximum absolute atomic E-state index is 9.40. The molecule has 3 heteroatoms. The van der Waals surface area contributed by atoms with Crippen molar-refractivity contribution in [2.24, 2.45) is 5.73 Å². The summed E-state index contributed by atoms with van der Waals surface area (Å²) < 4.78 is 1.01. The van der Waals surface area contributed by atoms with E-state index in [1.54, 1.807) is 0 Å². The van der Waals surface area contributed by atoms with Gasteiger partial charge in [-0.05, 0) is 24.1 Å². The molecule has 1 atom stereocenters. The fourth-order valence-corrected chi connectivity index (χ4v) is 1.35. The monoisotopic (exact) mass is 229 g/mol. The van der Waals surface area contributed by atoms with E-state index in [-0.39, 0.29) is 6.54 Å². The molecule has 0 radical (unpaired) electrons. The first-order chi connectivity index (χ1) is 5.65. The highest BCUT2D eigenvalue weighted by atomic mass is 79.9. The van der Waals surface area contributed by atoms with Crippen LogP contribution in [-0.4, -0.2) is 11.7 Å². The van der Waals surface area contributed by atoms with Crippen molar-refractivity contribution >= 4 is 15.9 Å². The molecule has 12 heavy (non-hydrogen) atoms. The largest absolute Gasteiger partial charge is 0.387 e. The second kappa shape index (κ2) is 4.03. The number of benzene rings is 1. The maximum Gasteiger partial charge on any atom is 0.0912 e. The molecule has 66 valence electrons. The van der Waals surface area contributed by atoms with E-state index in [0.717, 1.165) is 15.6 Å². The smallest absolute Gasteiger partial charge is 0.0912 e. The predicted octanol–water partition coefficient (Wildman–Crippen LogP) is 1.75. The van der Waals surface area contributed by atoms with Gasteiger partial charge >= 0.3 is 0 Å². The molecule has 0 fully saturated rings. The van der Waals surface area contributed by atoms with Crippen LogP contribution in [0.15, 0.2) is 22.7 Å². The lowest BCUT2D eigenvalue weighted by Crippen LogP contribution is -2.11. The Kier molecular flexibility index (Phi) is 3.26. The summed E-state index contributed by atoms with van der Waals surface area (Å²) in [7, 11) is 0. The third kappa shape index (κ3) is 2.06. The zero-order valence-electron chi connectivity index (χ0n) is 6.92. The van der Waals surface area contributed by atoms with Gasteiger partial charge in [0.1, 0.15) is 0 Å². The van der Waals surface area contributed by atoms with E-state index in [1.165, 1.54) is 0 Å². The molecular weight excluding hydrogens is 218 g/mol. The van der Waals surface area contributed by atoms with Crippen molar-refractivity contribution < 1.29 is 5.11 Å². The van der Waals surface area contributed by atoms with Crippen LogP contribution < -0.4 is 5.73 Å². The highest BCUT2D eigenvalue weighted by Gasteiger charge is 2.05. The summed E-state index contributed by atoms with van der Waals surface area (Å²) in [4.78, 5) is 0. The molecule has 0 spiro atoms. The fraction of sp³-hybridized carbons (Fsp3) is 0.333. The molecule has 0 aliphatic heterocycles. The van der Waals surface area contributed by atoms with Crippen molar-refractivity contribution in [2.75, 3.05) is 6.54 Å². The minimum atomic E-state index is -0.554. The third-order valence-corrected chi connectivity index (χ3v) is 2.66. The summed E-state index contributed by atoms with van der Waals surface area (Å²) in [6.45, 7) is 2.26. The minimum Gasteiger partial charge on any atom is -0.387 e. The summed E-state index contributed by atoms with van der Waals surface area (Å²) in [5.74, 6) is 0. The van der Waals surface area contributed by atoms with Gasteiger partial charge in [-0.2, -0.15) is 0 Å². The number of aliphatic hydroxyl groups is 1. The van der Waals surface area contributed by atoms with Gasteiger partial charge in [0.2, 0.25) is 0 Å². The van der Waals surface area contributed by atoms with E-state index in [4.69, 9.17) is 5.73 Å². The normalized spacial score (nSPS) is 13.0. The SMILES string of the molecule is Cc1ccc([C@@H](O)CN)cc1Br. The molecule has 1 aromatic rings. The first kappa shape index (κ1) is 9.71. The van der Waals surface area contributed by atoms with Crippen LogP contribution in [-0.2, 0) is 0 Å². The zero-order valence-corrected chi connectivity index (χ0v) is 8.51. The molecule has 0 bridgehead atoms. The van der Waals surface area contributed by atoms with Gasteiger partial charge in [0.25, 0.3) is 0 Å². The third-order valence-electron chi connectivity index (χ3n) is 1.80. The van der Waals surface area contributed by atoms with E-state index >= 15 is 0 Å². The van der Waals surface area contributed by atoms with Crippen LogP contribution in [0.4, 0.5) is 0 Å². The Balaban J connectivity index is 2.96. The standard InChI is InChI=1S/C9H12BrNO/c1-6-2-3-7(4-8(6)10)9(12)5-11/h2-4,9,12H,5,11H2,1H3/t9-/m0/s1. The number of aliphatic hydroxyl groups excluding tert-OH is 1. The Morgan fingerprint density at radius 2 is 2.25 bits per heavy atom. The highest BCUT2D eigenvalue weighted by Crippen LogP contribution is 2.21. The lowest BCUT2D eigenvalue weighted by atomic mass is 10.1. The molecule has 0 saturated heterocycles. The first-order valence-electron chi connectivity index (χ1n) is 3.79. The zero-order chi connectivity index (χ0) is 9.14. The molecule has 0 amide bonds. The van der Waals surface area contributed by atoms with E-state index in [0.29, 0.717) is 0 Å². The van der Waals surface area contributed by atoms with Crippen molar-refractivity contribution in [1.29, 1.82) is 0 Å². The second-order valence-electron chi connectivity index (χ2n) is 2.76. The number of hydrogen-bond acceptors (Lipinski definition) is 2.